The molecular weight excluding hydrogens is 466 g/mol. The number of nitrogens with two attached hydrogens (primary N) is 3. The number of nitrogens with one attached hydrogen (secondary N) is 3. The van der Waals surface area contributed by atoms with Crippen LogP contribution in [0.5, 0.6) is 0 Å². The van der Waals surface area contributed by atoms with Gasteiger partial charge in [-0.1, -0.05) is 48.0 Å². The maximum absolute atomic E-state index is 13.2. The topological polar surface area (TPSA) is 215 Å². The van der Waals surface area contributed by atoms with Gasteiger partial charge in [0.1, 0.15) is 18.1 Å². The van der Waals surface area contributed by atoms with E-state index < -0.39 is 47.9 Å². The van der Waals surface area contributed by atoms with Crippen molar-refractivity contribution >= 4 is 29.7 Å². The fourth-order valence-corrected chi connectivity index (χ4v) is 3.49. The summed E-state index contributed by atoms with van der Waals surface area (Å²) in [5, 5.41) is 17.5. The molecule has 0 aromatic heterocycles. The maximum atomic E-state index is 13.2. The number of guanidine groups is 1. The van der Waals surface area contributed by atoms with Crippen molar-refractivity contribution in [1.29, 1.82) is 0 Å². The molecule has 10 N–H and O–H groups in total. The predicted molar refractivity (Wildman–Crippen MR) is 140 cm³/mol. The van der Waals surface area contributed by atoms with Crippen LogP contribution in [-0.2, 0) is 19.2 Å². The van der Waals surface area contributed by atoms with E-state index in [-0.39, 0.29) is 43.1 Å². The van der Waals surface area contributed by atoms with E-state index in [0.717, 1.165) is 0 Å². The minimum Gasteiger partial charge on any atom is -0.480 e. The number of carboxylic acids is 1. The molecule has 5 unspecified atom stereocenters. The molecule has 0 saturated carbocycles. The number of aliphatic carboxylic acids is 1. The first-order valence-corrected chi connectivity index (χ1v) is 12.6. The number of nitrogens with zero attached hydrogens (tertiary/aromatic N) is 1. The Hall–Kier alpha value is -2.89. The van der Waals surface area contributed by atoms with Crippen molar-refractivity contribution in [2.24, 2.45) is 39.9 Å². The van der Waals surface area contributed by atoms with Gasteiger partial charge in [-0.3, -0.25) is 19.4 Å². The molecule has 0 aromatic rings. The summed E-state index contributed by atoms with van der Waals surface area (Å²) in [7, 11) is 0. The van der Waals surface area contributed by atoms with Crippen LogP contribution in [0.1, 0.15) is 73.6 Å². The van der Waals surface area contributed by atoms with E-state index in [1.165, 1.54) is 0 Å². The van der Waals surface area contributed by atoms with E-state index in [4.69, 9.17) is 17.2 Å². The van der Waals surface area contributed by atoms with E-state index >= 15 is 0 Å². The smallest absolute Gasteiger partial charge is 0.326 e. The van der Waals surface area contributed by atoms with Crippen LogP contribution in [0, 0.1) is 17.8 Å². The van der Waals surface area contributed by atoms with Crippen LogP contribution in [0.2, 0.25) is 0 Å². The van der Waals surface area contributed by atoms with Gasteiger partial charge in [0.25, 0.3) is 0 Å². The average molecular weight is 514 g/mol. The van der Waals surface area contributed by atoms with Gasteiger partial charge >= 0.3 is 5.97 Å². The lowest BCUT2D eigenvalue weighted by Gasteiger charge is -2.27. The zero-order chi connectivity index (χ0) is 28.0. The van der Waals surface area contributed by atoms with Crippen LogP contribution >= 0.6 is 0 Å². The summed E-state index contributed by atoms with van der Waals surface area (Å²) in [6, 6.07) is -3.79. The van der Waals surface area contributed by atoms with Gasteiger partial charge in [0.15, 0.2) is 5.96 Å². The summed E-state index contributed by atoms with van der Waals surface area (Å²) < 4.78 is 0. The van der Waals surface area contributed by atoms with E-state index in [0.29, 0.717) is 19.3 Å². The lowest BCUT2D eigenvalue weighted by Crippen LogP contribution is -2.58. The zero-order valence-corrected chi connectivity index (χ0v) is 22.5. The van der Waals surface area contributed by atoms with Gasteiger partial charge in [0.05, 0.1) is 6.04 Å². The van der Waals surface area contributed by atoms with Crippen molar-refractivity contribution < 1.29 is 24.3 Å². The Morgan fingerprint density at radius 1 is 0.806 bits per heavy atom. The van der Waals surface area contributed by atoms with Crippen molar-refractivity contribution in [3.05, 3.63) is 0 Å². The third-order valence-electron chi connectivity index (χ3n) is 5.80. The van der Waals surface area contributed by atoms with Gasteiger partial charge in [-0.15, -0.1) is 0 Å². The lowest BCUT2D eigenvalue weighted by atomic mass is 9.97. The molecule has 0 fully saturated rings. The third-order valence-corrected chi connectivity index (χ3v) is 5.80. The summed E-state index contributed by atoms with van der Waals surface area (Å²) in [4.78, 5) is 54.3. The Kier molecular flexibility index (Phi) is 15.4. The van der Waals surface area contributed by atoms with Gasteiger partial charge in [-0.2, -0.15) is 0 Å². The van der Waals surface area contributed by atoms with Crippen LogP contribution in [0.4, 0.5) is 0 Å². The van der Waals surface area contributed by atoms with Crippen molar-refractivity contribution in [2.45, 2.75) is 97.8 Å². The largest absolute Gasteiger partial charge is 0.480 e. The molecule has 0 aromatic carbocycles. The molecule has 0 aliphatic rings. The maximum Gasteiger partial charge on any atom is 0.326 e. The molecule has 0 spiro atoms. The molecule has 12 heteroatoms. The van der Waals surface area contributed by atoms with Crippen molar-refractivity contribution in [3.63, 3.8) is 0 Å². The van der Waals surface area contributed by atoms with Crippen LogP contribution in [0.3, 0.4) is 0 Å². The Morgan fingerprint density at radius 2 is 1.25 bits per heavy atom. The number of hydrogen-bond donors (Lipinski definition) is 7. The Labute approximate surface area is 214 Å². The second-order valence-electron chi connectivity index (χ2n) is 10.1. The first-order valence-electron chi connectivity index (χ1n) is 12.6. The molecule has 12 nitrogen and oxygen atoms in total. The second kappa shape index (κ2) is 16.7. The van der Waals surface area contributed by atoms with E-state index in [1.54, 1.807) is 0 Å². The SMILES string of the molecule is CCC(C)C(N)C(=O)NC(CC(C)C)C(=O)NC(CC(C)C)C(=O)NC(CCCN=C(N)N)C(=O)O. The monoisotopic (exact) mass is 513 g/mol. The van der Waals surface area contributed by atoms with Gasteiger partial charge < -0.3 is 38.3 Å². The van der Waals surface area contributed by atoms with E-state index in [2.05, 4.69) is 20.9 Å². The van der Waals surface area contributed by atoms with Gasteiger partial charge in [0, 0.05) is 6.54 Å². The van der Waals surface area contributed by atoms with Gasteiger partial charge in [-0.25, -0.2) is 4.79 Å². The quantitative estimate of drug-likeness (QED) is 0.0798. The van der Waals surface area contributed by atoms with Crippen LogP contribution < -0.4 is 33.2 Å². The van der Waals surface area contributed by atoms with Crippen molar-refractivity contribution in [1.82, 2.24) is 16.0 Å². The van der Waals surface area contributed by atoms with Crippen molar-refractivity contribution in [2.75, 3.05) is 6.54 Å². The first kappa shape index (κ1) is 33.1. The van der Waals surface area contributed by atoms with Crippen LogP contribution in [0.25, 0.3) is 0 Å². The molecule has 0 radical (unpaired) electrons. The van der Waals surface area contributed by atoms with E-state index in [1.807, 2.05) is 41.5 Å². The summed E-state index contributed by atoms with van der Waals surface area (Å²) in [6.07, 6.45) is 1.80. The number of carbonyl (C=O) groups is 4. The number of hydrogen-bond acceptors (Lipinski definition) is 6. The minimum absolute atomic E-state index is 0.0307. The highest BCUT2D eigenvalue weighted by Gasteiger charge is 2.31. The molecule has 0 aliphatic heterocycles. The number of aliphatic imine (C=N–C) groups is 1. The predicted octanol–water partition coefficient (Wildman–Crippen LogP) is 0.0446. The normalized spacial score (nSPS) is 15.4. The Bertz CT molecular complexity index is 753. The fourth-order valence-electron chi connectivity index (χ4n) is 3.49. The number of rotatable bonds is 17. The average Bonchev–Trinajstić information content (AvgIpc) is 2.77. The highest BCUT2D eigenvalue weighted by Crippen LogP contribution is 2.11. The van der Waals surface area contributed by atoms with Crippen LogP contribution in [-0.4, -0.2) is 65.5 Å². The Balaban J connectivity index is 5.50. The van der Waals surface area contributed by atoms with Crippen molar-refractivity contribution in [3.8, 4) is 0 Å². The molecule has 3 amide bonds. The number of carbonyl (C=O) groups excluding carboxylic acids is 3. The van der Waals surface area contributed by atoms with Gasteiger partial charge in [-0.05, 0) is 43.4 Å². The van der Waals surface area contributed by atoms with Gasteiger partial charge in [0.2, 0.25) is 17.7 Å². The molecular formula is C24H47N7O5. The van der Waals surface area contributed by atoms with Crippen LogP contribution in [0.15, 0.2) is 4.99 Å². The Morgan fingerprint density at radius 3 is 1.64 bits per heavy atom. The van der Waals surface area contributed by atoms with E-state index in [9.17, 15) is 24.3 Å². The molecule has 208 valence electrons. The highest BCUT2D eigenvalue weighted by molar-refractivity contribution is 5.94. The molecule has 0 bridgehead atoms. The zero-order valence-electron chi connectivity index (χ0n) is 22.5. The molecule has 5 atom stereocenters. The fraction of sp³-hybridized carbons (Fsp3) is 0.792. The standard InChI is InChI=1S/C24H47N7O5/c1-7-15(6)19(25)22(34)31-18(12-14(4)5)21(33)30-17(11-13(2)3)20(32)29-16(23(35)36)9-8-10-28-24(26)27/h13-19H,7-12,25H2,1-6H3,(H,29,32)(H,30,33)(H,31,34)(H,35,36)(H4,26,27,28). The minimum atomic E-state index is -1.20. The second-order valence-corrected chi connectivity index (χ2v) is 10.1. The lowest BCUT2D eigenvalue weighted by molar-refractivity contribution is -0.142. The number of carboxylic acid groups (broad SMARTS) is 1. The first-order chi connectivity index (χ1) is 16.7. The molecule has 36 heavy (non-hydrogen) atoms. The summed E-state index contributed by atoms with van der Waals surface area (Å²) >= 11 is 0. The summed E-state index contributed by atoms with van der Waals surface area (Å²) in [5.41, 5.74) is 16.6. The molecule has 0 rings (SSSR count). The molecule has 0 heterocycles. The summed E-state index contributed by atoms with van der Waals surface area (Å²) in [5.74, 6) is -2.81. The summed E-state index contributed by atoms with van der Waals surface area (Å²) in [6.45, 7) is 11.6. The highest BCUT2D eigenvalue weighted by atomic mass is 16.4. The third kappa shape index (κ3) is 13.3. The molecule has 0 saturated heterocycles. The number of amides is 3. The molecule has 0 aliphatic carbocycles.